The second kappa shape index (κ2) is 9.34. The molecule has 1 amide bonds. The molecular weight excluding hydrogens is 366 g/mol. The Morgan fingerprint density at radius 2 is 1.90 bits per heavy atom. The van der Waals surface area contributed by atoms with Gasteiger partial charge in [0.15, 0.2) is 5.69 Å². The number of aryl methyl sites for hydroxylation is 1. The summed E-state index contributed by atoms with van der Waals surface area (Å²) >= 11 is 0. The number of amides is 1. The first-order valence-corrected chi connectivity index (χ1v) is 9.58. The van der Waals surface area contributed by atoms with Crippen LogP contribution in [0.5, 0.6) is 5.75 Å². The quantitative estimate of drug-likeness (QED) is 0.637. The van der Waals surface area contributed by atoms with Gasteiger partial charge in [-0.1, -0.05) is 29.5 Å². The van der Waals surface area contributed by atoms with Crippen molar-refractivity contribution in [2.24, 2.45) is 0 Å². The van der Waals surface area contributed by atoms with Crippen LogP contribution >= 0.6 is 0 Å². The van der Waals surface area contributed by atoms with Crippen LogP contribution in [0.2, 0.25) is 0 Å². The third kappa shape index (κ3) is 5.42. The summed E-state index contributed by atoms with van der Waals surface area (Å²) in [4.78, 5) is 14.6. The third-order valence-electron chi connectivity index (χ3n) is 4.54. The van der Waals surface area contributed by atoms with Crippen LogP contribution in [-0.4, -0.2) is 53.0 Å². The van der Waals surface area contributed by atoms with Crippen LogP contribution in [-0.2, 0) is 6.54 Å². The molecule has 0 aliphatic heterocycles. The smallest absolute Gasteiger partial charge is 0.274 e. The molecule has 0 aliphatic rings. The molecule has 7 nitrogen and oxygen atoms in total. The van der Waals surface area contributed by atoms with Gasteiger partial charge in [0.05, 0.1) is 11.4 Å². The van der Waals surface area contributed by atoms with Crippen molar-refractivity contribution in [1.82, 2.24) is 25.2 Å². The molecule has 0 atom stereocenters. The van der Waals surface area contributed by atoms with Gasteiger partial charge < -0.3 is 15.0 Å². The highest BCUT2D eigenvalue weighted by molar-refractivity contribution is 5.93. The summed E-state index contributed by atoms with van der Waals surface area (Å²) in [5.41, 5.74) is 4.03. The second-order valence-corrected chi connectivity index (χ2v) is 7.25. The Morgan fingerprint density at radius 1 is 1.14 bits per heavy atom. The van der Waals surface area contributed by atoms with E-state index in [1.807, 2.05) is 76.5 Å². The number of hydrogen-bond acceptors (Lipinski definition) is 5. The normalized spacial score (nSPS) is 10.9. The van der Waals surface area contributed by atoms with E-state index in [2.05, 4.69) is 20.5 Å². The lowest BCUT2D eigenvalue weighted by Gasteiger charge is -2.11. The SMILES string of the molecule is Cc1cccc(-n2nnc(C(=O)NCc3ccc(OCCN(C)C)cc3)c2C)c1. The first-order valence-electron chi connectivity index (χ1n) is 9.58. The van der Waals surface area contributed by atoms with Crippen LogP contribution in [0.15, 0.2) is 48.5 Å². The van der Waals surface area contributed by atoms with E-state index in [9.17, 15) is 4.79 Å². The van der Waals surface area contributed by atoms with Gasteiger partial charge >= 0.3 is 0 Å². The number of aromatic nitrogens is 3. The van der Waals surface area contributed by atoms with E-state index in [1.165, 1.54) is 0 Å². The van der Waals surface area contributed by atoms with Crippen molar-refractivity contribution in [3.63, 3.8) is 0 Å². The van der Waals surface area contributed by atoms with Gasteiger partial charge in [-0.25, -0.2) is 4.68 Å². The Morgan fingerprint density at radius 3 is 2.59 bits per heavy atom. The van der Waals surface area contributed by atoms with Crippen molar-refractivity contribution >= 4 is 5.91 Å². The highest BCUT2D eigenvalue weighted by Gasteiger charge is 2.17. The van der Waals surface area contributed by atoms with Crippen molar-refractivity contribution in [2.45, 2.75) is 20.4 Å². The van der Waals surface area contributed by atoms with Gasteiger partial charge in [-0.2, -0.15) is 0 Å². The van der Waals surface area contributed by atoms with Crippen LogP contribution in [0.3, 0.4) is 0 Å². The van der Waals surface area contributed by atoms with Gasteiger partial charge in [-0.15, -0.1) is 5.10 Å². The monoisotopic (exact) mass is 393 g/mol. The Bertz CT molecular complexity index is 964. The van der Waals surface area contributed by atoms with Crippen LogP contribution in [0.4, 0.5) is 0 Å². The summed E-state index contributed by atoms with van der Waals surface area (Å²) in [6.45, 7) is 5.77. The van der Waals surface area contributed by atoms with E-state index < -0.39 is 0 Å². The van der Waals surface area contributed by atoms with E-state index in [-0.39, 0.29) is 5.91 Å². The summed E-state index contributed by atoms with van der Waals surface area (Å²) in [7, 11) is 4.02. The molecule has 3 rings (SSSR count). The van der Waals surface area contributed by atoms with Crippen LogP contribution < -0.4 is 10.1 Å². The van der Waals surface area contributed by atoms with Gasteiger partial charge in [-0.05, 0) is 63.3 Å². The Kier molecular flexibility index (Phi) is 6.61. The zero-order valence-electron chi connectivity index (χ0n) is 17.3. The zero-order valence-corrected chi connectivity index (χ0v) is 17.3. The van der Waals surface area contributed by atoms with E-state index in [0.717, 1.165) is 29.1 Å². The standard InChI is InChI=1S/C22H27N5O2/c1-16-6-5-7-19(14-16)27-17(2)21(24-25-27)22(28)23-15-18-8-10-20(11-9-18)29-13-12-26(3)4/h5-11,14H,12-13,15H2,1-4H3,(H,23,28). The Hall–Kier alpha value is -3.19. The number of hydrogen-bond donors (Lipinski definition) is 1. The molecule has 152 valence electrons. The summed E-state index contributed by atoms with van der Waals surface area (Å²) in [6.07, 6.45) is 0. The lowest BCUT2D eigenvalue weighted by Crippen LogP contribution is -2.24. The topological polar surface area (TPSA) is 72.3 Å². The molecule has 0 unspecified atom stereocenters. The molecule has 0 spiro atoms. The van der Waals surface area contributed by atoms with E-state index in [0.29, 0.717) is 24.5 Å². The van der Waals surface area contributed by atoms with Gasteiger partial charge in [0.1, 0.15) is 12.4 Å². The Labute approximate surface area is 171 Å². The molecule has 0 aliphatic carbocycles. The molecule has 0 bridgehead atoms. The summed E-state index contributed by atoms with van der Waals surface area (Å²) in [5.74, 6) is 0.576. The van der Waals surface area contributed by atoms with Gasteiger partial charge in [0.2, 0.25) is 0 Å². The minimum Gasteiger partial charge on any atom is -0.492 e. The maximum atomic E-state index is 12.6. The van der Waals surface area contributed by atoms with E-state index in [4.69, 9.17) is 4.74 Å². The highest BCUT2D eigenvalue weighted by Crippen LogP contribution is 2.15. The second-order valence-electron chi connectivity index (χ2n) is 7.25. The predicted molar refractivity (Wildman–Crippen MR) is 112 cm³/mol. The minimum absolute atomic E-state index is 0.243. The number of benzene rings is 2. The number of carbonyl (C=O) groups is 1. The molecule has 1 heterocycles. The molecule has 7 heteroatoms. The zero-order chi connectivity index (χ0) is 20.8. The number of carbonyl (C=O) groups excluding carboxylic acids is 1. The van der Waals surface area contributed by atoms with Crippen molar-refractivity contribution in [1.29, 1.82) is 0 Å². The minimum atomic E-state index is -0.243. The average molecular weight is 393 g/mol. The van der Waals surface area contributed by atoms with Crippen molar-refractivity contribution in [3.05, 3.63) is 71.0 Å². The predicted octanol–water partition coefficient (Wildman–Crippen LogP) is 2.75. The lowest BCUT2D eigenvalue weighted by molar-refractivity contribution is 0.0945. The van der Waals surface area contributed by atoms with Gasteiger partial charge in [0.25, 0.3) is 5.91 Å². The average Bonchev–Trinajstić information content (AvgIpc) is 3.08. The number of likely N-dealkylation sites (N-methyl/N-ethyl adjacent to an activating group) is 1. The molecule has 0 saturated heterocycles. The maximum Gasteiger partial charge on any atom is 0.274 e. The molecule has 29 heavy (non-hydrogen) atoms. The molecule has 2 aromatic carbocycles. The number of nitrogens with one attached hydrogen (secondary N) is 1. The molecule has 0 fully saturated rings. The van der Waals surface area contributed by atoms with E-state index >= 15 is 0 Å². The fraction of sp³-hybridized carbons (Fsp3) is 0.318. The first-order chi connectivity index (χ1) is 13.9. The van der Waals surface area contributed by atoms with Crippen LogP contribution in [0.25, 0.3) is 5.69 Å². The largest absolute Gasteiger partial charge is 0.492 e. The molecule has 1 aromatic heterocycles. The van der Waals surface area contributed by atoms with Crippen LogP contribution in [0.1, 0.15) is 27.3 Å². The number of rotatable bonds is 8. The van der Waals surface area contributed by atoms with Crippen molar-refractivity contribution in [2.75, 3.05) is 27.2 Å². The van der Waals surface area contributed by atoms with Crippen LogP contribution in [0, 0.1) is 13.8 Å². The maximum absolute atomic E-state index is 12.6. The number of nitrogens with zero attached hydrogens (tertiary/aromatic N) is 4. The lowest BCUT2D eigenvalue weighted by atomic mass is 10.2. The molecule has 0 saturated carbocycles. The molecular formula is C22H27N5O2. The summed E-state index contributed by atoms with van der Waals surface area (Å²) in [5, 5.41) is 11.1. The van der Waals surface area contributed by atoms with Crippen molar-refractivity contribution in [3.8, 4) is 11.4 Å². The van der Waals surface area contributed by atoms with E-state index in [1.54, 1.807) is 4.68 Å². The molecule has 1 N–H and O–H groups in total. The van der Waals surface area contributed by atoms with Gasteiger partial charge in [0, 0.05) is 13.1 Å². The number of ether oxygens (including phenoxy) is 1. The Balaban J connectivity index is 1.58. The summed E-state index contributed by atoms with van der Waals surface area (Å²) < 4.78 is 7.37. The first kappa shape index (κ1) is 20.5. The fourth-order valence-electron chi connectivity index (χ4n) is 2.86. The van der Waals surface area contributed by atoms with Crippen molar-refractivity contribution < 1.29 is 9.53 Å². The molecule has 0 radical (unpaired) electrons. The fourth-order valence-corrected chi connectivity index (χ4v) is 2.86. The molecule has 3 aromatic rings. The third-order valence-corrected chi connectivity index (χ3v) is 4.54. The van der Waals surface area contributed by atoms with Gasteiger partial charge in [-0.3, -0.25) is 4.79 Å². The summed E-state index contributed by atoms with van der Waals surface area (Å²) in [6, 6.07) is 15.6. The highest BCUT2D eigenvalue weighted by atomic mass is 16.5.